The molecule has 0 spiro atoms. The summed E-state index contributed by atoms with van der Waals surface area (Å²) in [4.78, 5) is 27.8. The molecule has 0 amide bonds. The Morgan fingerprint density at radius 1 is 0.889 bits per heavy atom. The highest BCUT2D eigenvalue weighted by atomic mass is 19.4. The van der Waals surface area contributed by atoms with Crippen molar-refractivity contribution in [2.45, 2.75) is 25.2 Å². The van der Waals surface area contributed by atoms with Gasteiger partial charge in [0.2, 0.25) is 0 Å². The number of nitrogens with zero attached hydrogens (tertiary/aromatic N) is 1. The number of benzene rings is 3. The van der Waals surface area contributed by atoms with Crippen LogP contribution in [0.25, 0.3) is 0 Å². The molecule has 1 saturated heterocycles. The first-order chi connectivity index (χ1) is 17.3. The maximum Gasteiger partial charge on any atom is 0.417 e. The fourth-order valence-corrected chi connectivity index (χ4v) is 4.69. The van der Waals surface area contributed by atoms with E-state index in [1.54, 1.807) is 0 Å². The first kappa shape index (κ1) is 25.4. The number of esters is 2. The predicted molar refractivity (Wildman–Crippen MR) is 127 cm³/mol. The second-order valence-corrected chi connectivity index (χ2v) is 8.75. The van der Waals surface area contributed by atoms with Crippen molar-refractivity contribution >= 4 is 11.9 Å². The van der Waals surface area contributed by atoms with Crippen LogP contribution in [0.3, 0.4) is 0 Å². The summed E-state index contributed by atoms with van der Waals surface area (Å²) in [5.41, 5.74) is 0.307. The SMILES string of the molecule is COC(=O)c1c([C@H]2CN(Cc3ccccc3)C[C@@H]2C(=O)OCc2ccccc2)cccc1C(F)(F)F. The summed E-state index contributed by atoms with van der Waals surface area (Å²) < 4.78 is 51.8. The summed E-state index contributed by atoms with van der Waals surface area (Å²) in [5.74, 6) is -3.05. The molecule has 3 aromatic rings. The van der Waals surface area contributed by atoms with Crippen molar-refractivity contribution in [2.75, 3.05) is 20.2 Å². The van der Waals surface area contributed by atoms with Crippen LogP contribution in [0.2, 0.25) is 0 Å². The molecule has 1 heterocycles. The van der Waals surface area contributed by atoms with Crippen LogP contribution < -0.4 is 0 Å². The number of rotatable bonds is 7. The number of carbonyl (C=O) groups excluding carboxylic acids is 2. The van der Waals surface area contributed by atoms with Gasteiger partial charge >= 0.3 is 18.1 Å². The van der Waals surface area contributed by atoms with Crippen LogP contribution in [-0.2, 0) is 33.6 Å². The average Bonchev–Trinajstić information content (AvgIpc) is 3.30. The van der Waals surface area contributed by atoms with Gasteiger partial charge in [-0.15, -0.1) is 0 Å². The minimum absolute atomic E-state index is 0.0496. The largest absolute Gasteiger partial charge is 0.465 e. The molecular weight excluding hydrogens is 471 g/mol. The van der Waals surface area contributed by atoms with Crippen molar-refractivity contribution in [1.82, 2.24) is 4.90 Å². The summed E-state index contributed by atoms with van der Waals surface area (Å²) in [6.07, 6.45) is -4.76. The standard InChI is InChI=1S/C28H26F3NO4/c1-35-27(34)25-21(13-8-14-24(25)28(29,30)31)22-16-32(15-19-9-4-2-5-10-19)17-23(22)26(33)36-18-20-11-6-3-7-12-20/h2-14,22-23H,15-18H2,1H3/t22-,23+/m1/s1. The van der Waals surface area contributed by atoms with Crippen molar-refractivity contribution in [2.24, 2.45) is 5.92 Å². The van der Waals surface area contributed by atoms with E-state index in [1.807, 2.05) is 65.6 Å². The summed E-state index contributed by atoms with van der Waals surface area (Å²) in [6.45, 7) is 1.12. The Morgan fingerprint density at radius 3 is 2.14 bits per heavy atom. The van der Waals surface area contributed by atoms with Gasteiger partial charge in [-0.05, 0) is 22.8 Å². The Kier molecular flexibility index (Phi) is 7.74. The molecule has 5 nitrogen and oxygen atoms in total. The summed E-state index contributed by atoms with van der Waals surface area (Å²) in [5, 5.41) is 0. The van der Waals surface area contributed by atoms with Crippen molar-refractivity contribution < 1.29 is 32.2 Å². The van der Waals surface area contributed by atoms with E-state index < -0.39 is 41.1 Å². The van der Waals surface area contributed by atoms with Crippen molar-refractivity contribution in [3.63, 3.8) is 0 Å². The third-order valence-corrected chi connectivity index (χ3v) is 6.36. The summed E-state index contributed by atoms with van der Waals surface area (Å²) in [7, 11) is 1.04. The van der Waals surface area contributed by atoms with Crippen LogP contribution >= 0.6 is 0 Å². The van der Waals surface area contributed by atoms with Crippen LogP contribution in [-0.4, -0.2) is 37.0 Å². The fourth-order valence-electron chi connectivity index (χ4n) is 4.69. The maximum absolute atomic E-state index is 13.8. The molecule has 1 aliphatic rings. The van der Waals surface area contributed by atoms with Gasteiger partial charge < -0.3 is 9.47 Å². The molecule has 188 valence electrons. The molecule has 0 saturated carbocycles. The fraction of sp³-hybridized carbons (Fsp3) is 0.286. The lowest BCUT2D eigenvalue weighted by Gasteiger charge is -2.22. The van der Waals surface area contributed by atoms with Gasteiger partial charge in [0.25, 0.3) is 0 Å². The smallest absolute Gasteiger partial charge is 0.417 e. The molecule has 4 rings (SSSR count). The van der Waals surface area contributed by atoms with Crippen LogP contribution in [0.15, 0.2) is 78.9 Å². The molecule has 0 aromatic heterocycles. The van der Waals surface area contributed by atoms with E-state index >= 15 is 0 Å². The van der Waals surface area contributed by atoms with E-state index in [9.17, 15) is 22.8 Å². The van der Waals surface area contributed by atoms with Gasteiger partial charge in [-0.2, -0.15) is 13.2 Å². The van der Waals surface area contributed by atoms with E-state index in [4.69, 9.17) is 9.47 Å². The normalized spacial score (nSPS) is 18.1. The van der Waals surface area contributed by atoms with E-state index in [0.29, 0.717) is 6.54 Å². The minimum Gasteiger partial charge on any atom is -0.465 e. The second kappa shape index (κ2) is 11.0. The molecule has 0 radical (unpaired) electrons. The molecule has 3 aromatic carbocycles. The van der Waals surface area contributed by atoms with Gasteiger partial charge in [0.1, 0.15) is 6.61 Å². The zero-order valence-corrected chi connectivity index (χ0v) is 19.7. The molecule has 0 bridgehead atoms. The van der Waals surface area contributed by atoms with Crippen LogP contribution in [0.5, 0.6) is 0 Å². The Bertz CT molecular complexity index is 1200. The molecule has 0 aliphatic carbocycles. The number of carbonyl (C=O) groups is 2. The summed E-state index contributed by atoms with van der Waals surface area (Å²) in [6, 6.07) is 22.3. The van der Waals surface area contributed by atoms with Crippen molar-refractivity contribution in [3.05, 3.63) is 107 Å². The van der Waals surface area contributed by atoms with E-state index in [2.05, 4.69) is 0 Å². The molecular formula is C28H26F3NO4. The second-order valence-electron chi connectivity index (χ2n) is 8.75. The topological polar surface area (TPSA) is 55.8 Å². The van der Waals surface area contributed by atoms with Crippen molar-refractivity contribution in [1.29, 1.82) is 0 Å². The maximum atomic E-state index is 13.8. The quantitative estimate of drug-likeness (QED) is 0.407. The Balaban J connectivity index is 1.68. The molecule has 1 aliphatic heterocycles. The molecule has 2 atom stereocenters. The Hall–Kier alpha value is -3.65. The highest BCUT2D eigenvalue weighted by Gasteiger charge is 2.44. The lowest BCUT2D eigenvalue weighted by molar-refractivity contribution is -0.149. The minimum atomic E-state index is -4.76. The van der Waals surface area contributed by atoms with Gasteiger partial charge in [-0.25, -0.2) is 4.79 Å². The number of methoxy groups -OCH3 is 1. The van der Waals surface area contributed by atoms with E-state index in [-0.39, 0.29) is 25.3 Å². The zero-order valence-electron chi connectivity index (χ0n) is 19.7. The lowest BCUT2D eigenvalue weighted by atomic mass is 9.84. The number of alkyl halides is 3. The van der Waals surface area contributed by atoms with Gasteiger partial charge in [0, 0.05) is 25.6 Å². The predicted octanol–water partition coefficient (Wildman–Crippen LogP) is 5.45. The molecule has 36 heavy (non-hydrogen) atoms. The summed E-state index contributed by atoms with van der Waals surface area (Å²) >= 11 is 0. The molecule has 8 heteroatoms. The van der Waals surface area contributed by atoms with Crippen LogP contribution in [0, 0.1) is 5.92 Å². The third-order valence-electron chi connectivity index (χ3n) is 6.36. The molecule has 0 unspecified atom stereocenters. The van der Waals surface area contributed by atoms with E-state index in [1.165, 1.54) is 12.1 Å². The van der Waals surface area contributed by atoms with Gasteiger partial charge in [0.15, 0.2) is 0 Å². The average molecular weight is 498 g/mol. The Labute approximate surface area is 207 Å². The number of hydrogen-bond donors (Lipinski definition) is 0. The number of halogens is 3. The third kappa shape index (κ3) is 5.76. The van der Waals surface area contributed by atoms with E-state index in [0.717, 1.165) is 24.3 Å². The lowest BCUT2D eigenvalue weighted by Crippen LogP contribution is -2.26. The molecule has 0 N–H and O–H groups in total. The van der Waals surface area contributed by atoms with Crippen molar-refractivity contribution in [3.8, 4) is 0 Å². The highest BCUT2D eigenvalue weighted by molar-refractivity contribution is 5.93. The first-order valence-electron chi connectivity index (χ1n) is 11.5. The Morgan fingerprint density at radius 2 is 1.53 bits per heavy atom. The van der Waals surface area contributed by atoms with Gasteiger partial charge in [-0.1, -0.05) is 72.8 Å². The van der Waals surface area contributed by atoms with Gasteiger partial charge in [-0.3, -0.25) is 9.69 Å². The zero-order chi connectivity index (χ0) is 25.7. The van der Waals surface area contributed by atoms with Crippen LogP contribution in [0.4, 0.5) is 13.2 Å². The monoisotopic (exact) mass is 497 g/mol. The number of ether oxygens (including phenoxy) is 2. The number of likely N-dealkylation sites (tertiary alicyclic amines) is 1. The first-order valence-corrected chi connectivity index (χ1v) is 11.5. The van der Waals surface area contributed by atoms with Crippen LogP contribution in [0.1, 0.15) is 38.5 Å². The van der Waals surface area contributed by atoms with Gasteiger partial charge in [0.05, 0.1) is 24.2 Å². The highest BCUT2D eigenvalue weighted by Crippen LogP contribution is 2.41. The number of hydrogen-bond acceptors (Lipinski definition) is 5. The molecule has 1 fully saturated rings.